The molecule has 3 aromatic rings. The fourth-order valence-corrected chi connectivity index (χ4v) is 7.11. The molecule has 1 aromatic heterocycles. The van der Waals surface area contributed by atoms with Gasteiger partial charge in [-0.1, -0.05) is 35.3 Å². The Hall–Kier alpha value is -2.23. The number of thioether (sulfide) groups is 1. The molecule has 36 heavy (non-hydrogen) atoms. The van der Waals surface area contributed by atoms with Crippen LogP contribution in [-0.4, -0.2) is 16.8 Å². The highest BCUT2D eigenvalue weighted by atomic mass is 127. The van der Waals surface area contributed by atoms with Gasteiger partial charge in [-0.05, 0) is 87.1 Å². The van der Waals surface area contributed by atoms with E-state index in [1.807, 2.05) is 24.3 Å². The number of fused-ring (bicyclic) bond motifs is 2. The molecule has 4 nitrogen and oxygen atoms in total. The number of phenols is 2. The van der Waals surface area contributed by atoms with Crippen LogP contribution in [0, 0.1) is 0 Å². The molecule has 0 atom stereocenters. The summed E-state index contributed by atoms with van der Waals surface area (Å²) in [5.74, 6) is 0.620. The number of phenolic OH excluding ortho intramolecular Hbond substituents is 2. The molecule has 0 amide bonds. The van der Waals surface area contributed by atoms with Crippen molar-refractivity contribution in [1.29, 1.82) is 0 Å². The summed E-state index contributed by atoms with van der Waals surface area (Å²) >= 11 is 3.53. The molecule has 0 bridgehead atoms. The molecule has 7 heteroatoms. The van der Waals surface area contributed by atoms with Crippen LogP contribution in [0.1, 0.15) is 45.0 Å². The number of allylic oxidation sites excluding steroid dienone is 6. The van der Waals surface area contributed by atoms with Gasteiger partial charge in [-0.2, -0.15) is 4.57 Å². The Morgan fingerprint density at radius 1 is 1.00 bits per heavy atom. The van der Waals surface area contributed by atoms with Crippen LogP contribution in [0.5, 0.6) is 11.5 Å². The molecule has 2 N–H and O–H groups in total. The third kappa shape index (κ3) is 5.24. The number of rotatable bonds is 5. The summed E-state index contributed by atoms with van der Waals surface area (Å²) in [4.78, 5) is 3.46. The Balaban J connectivity index is 0.00000304. The van der Waals surface area contributed by atoms with Crippen LogP contribution in [-0.2, 0) is 6.54 Å². The van der Waals surface area contributed by atoms with Crippen molar-refractivity contribution in [2.75, 3.05) is 11.4 Å². The van der Waals surface area contributed by atoms with Crippen molar-refractivity contribution in [2.24, 2.45) is 0 Å². The number of aromatic hydroxyl groups is 2. The molecule has 0 spiro atoms. The standard InChI is InChI=1S/C29H30N2O2S2.HI/c1-4-30-24-17-22(32)11-13-26(24)34-28(30)15-9-20-7-6-8-21(19(20)3)10-16-29-31(5-2)25-18-23(33)12-14-27(25)35-29;/h9-18H,4-8H2,1-3H3,(H-,32,33);1H. The SMILES string of the molecule is CCN1/C(=C/C=C2CCCC(/C=C/c3sc4ccc(O)cc4[n+]3CC)=C2C)Sc2ccc(O)cc21.[I-]. The minimum absolute atomic E-state index is 0. The molecule has 0 fully saturated rings. The lowest BCUT2D eigenvalue weighted by Gasteiger charge is -2.20. The third-order valence-electron chi connectivity index (χ3n) is 6.77. The Labute approximate surface area is 238 Å². The number of aryl methyl sites for hydroxylation is 1. The summed E-state index contributed by atoms with van der Waals surface area (Å²) in [5.41, 5.74) is 6.32. The van der Waals surface area contributed by atoms with Crippen molar-refractivity contribution in [1.82, 2.24) is 0 Å². The van der Waals surface area contributed by atoms with Crippen LogP contribution in [0.4, 0.5) is 5.69 Å². The largest absolute Gasteiger partial charge is 1.00 e. The van der Waals surface area contributed by atoms with E-state index in [4.69, 9.17) is 0 Å². The zero-order chi connectivity index (χ0) is 24.5. The maximum atomic E-state index is 9.92. The van der Waals surface area contributed by atoms with Gasteiger partial charge in [0.25, 0.3) is 5.01 Å². The van der Waals surface area contributed by atoms with Crippen LogP contribution in [0.3, 0.4) is 0 Å². The second kappa shape index (κ2) is 11.4. The average Bonchev–Trinajstić information content (AvgIpc) is 3.38. The Morgan fingerprint density at radius 2 is 1.78 bits per heavy atom. The molecule has 2 aliphatic rings. The van der Waals surface area contributed by atoms with Gasteiger partial charge in [-0.25, -0.2) is 0 Å². The fraction of sp³-hybridized carbons (Fsp3) is 0.276. The maximum absolute atomic E-state index is 9.92. The summed E-state index contributed by atoms with van der Waals surface area (Å²) in [7, 11) is 0. The van der Waals surface area contributed by atoms with Crippen molar-refractivity contribution in [2.45, 2.75) is 51.5 Å². The zero-order valence-corrected chi connectivity index (χ0v) is 24.6. The van der Waals surface area contributed by atoms with Crippen LogP contribution in [0.2, 0.25) is 0 Å². The highest BCUT2D eigenvalue weighted by Gasteiger charge is 2.24. The first-order chi connectivity index (χ1) is 17.0. The summed E-state index contributed by atoms with van der Waals surface area (Å²) in [5, 5.41) is 22.2. The molecule has 2 heterocycles. The van der Waals surface area contributed by atoms with Crippen LogP contribution in [0.25, 0.3) is 16.3 Å². The summed E-state index contributed by atoms with van der Waals surface area (Å²) in [6.07, 6.45) is 12.4. The van der Waals surface area contributed by atoms with Crippen molar-refractivity contribution in [3.05, 3.63) is 81.4 Å². The Bertz CT molecular complexity index is 1420. The van der Waals surface area contributed by atoms with Crippen molar-refractivity contribution < 1.29 is 38.8 Å². The normalized spacial score (nSPS) is 18.0. The molecule has 1 aliphatic carbocycles. The number of aromatic nitrogens is 1. The van der Waals surface area contributed by atoms with E-state index in [2.05, 4.69) is 54.5 Å². The molecule has 5 rings (SSSR count). The highest BCUT2D eigenvalue weighted by Crippen LogP contribution is 2.47. The molecular weight excluding hydrogens is 599 g/mol. The van der Waals surface area contributed by atoms with Gasteiger partial charge in [0.15, 0.2) is 0 Å². The van der Waals surface area contributed by atoms with Gasteiger partial charge in [0.2, 0.25) is 5.52 Å². The van der Waals surface area contributed by atoms with E-state index in [1.54, 1.807) is 35.2 Å². The summed E-state index contributed by atoms with van der Waals surface area (Å²) in [6, 6.07) is 11.2. The topological polar surface area (TPSA) is 47.6 Å². The van der Waals surface area contributed by atoms with Gasteiger partial charge in [-0.3, -0.25) is 0 Å². The van der Waals surface area contributed by atoms with Crippen molar-refractivity contribution in [3.63, 3.8) is 0 Å². The van der Waals surface area contributed by atoms with Crippen molar-refractivity contribution >= 4 is 45.1 Å². The van der Waals surface area contributed by atoms with E-state index in [9.17, 15) is 10.2 Å². The number of halogens is 1. The average molecular weight is 631 g/mol. The second-order valence-electron chi connectivity index (χ2n) is 8.87. The Kier molecular flexibility index (Phi) is 8.52. The van der Waals surface area contributed by atoms with E-state index in [0.717, 1.165) is 43.6 Å². The summed E-state index contributed by atoms with van der Waals surface area (Å²) in [6.45, 7) is 8.27. The fourth-order valence-electron chi connectivity index (χ4n) is 4.89. The first-order valence-electron chi connectivity index (χ1n) is 12.2. The molecule has 2 aromatic carbocycles. The lowest BCUT2D eigenvalue weighted by Crippen LogP contribution is -3.00. The van der Waals surface area contributed by atoms with Gasteiger partial charge >= 0.3 is 0 Å². The summed E-state index contributed by atoms with van der Waals surface area (Å²) < 4.78 is 3.46. The van der Waals surface area contributed by atoms with Crippen LogP contribution < -0.4 is 33.4 Å². The minimum atomic E-state index is 0. The number of hydrogen-bond donors (Lipinski definition) is 2. The van der Waals surface area contributed by atoms with Gasteiger partial charge in [0, 0.05) is 23.6 Å². The van der Waals surface area contributed by atoms with E-state index in [-0.39, 0.29) is 24.0 Å². The van der Waals surface area contributed by atoms with E-state index >= 15 is 0 Å². The molecule has 0 unspecified atom stereocenters. The predicted molar refractivity (Wildman–Crippen MR) is 148 cm³/mol. The lowest BCUT2D eigenvalue weighted by atomic mass is 9.88. The van der Waals surface area contributed by atoms with Gasteiger partial charge < -0.3 is 39.1 Å². The lowest BCUT2D eigenvalue weighted by molar-refractivity contribution is -0.665. The van der Waals surface area contributed by atoms with Crippen LogP contribution >= 0.6 is 23.1 Å². The number of hydrogen-bond acceptors (Lipinski definition) is 5. The monoisotopic (exact) mass is 630 g/mol. The molecule has 1 aliphatic heterocycles. The van der Waals surface area contributed by atoms with E-state index in [0.29, 0.717) is 11.5 Å². The van der Waals surface area contributed by atoms with E-state index < -0.39 is 0 Å². The first kappa shape index (κ1) is 26.8. The molecule has 0 saturated carbocycles. The molecule has 0 saturated heterocycles. The van der Waals surface area contributed by atoms with Gasteiger partial charge in [0.05, 0.1) is 16.8 Å². The molecule has 188 valence electrons. The second-order valence-corrected chi connectivity index (χ2v) is 11.0. The highest BCUT2D eigenvalue weighted by molar-refractivity contribution is 8.03. The quantitative estimate of drug-likeness (QED) is 0.321. The van der Waals surface area contributed by atoms with Gasteiger partial charge in [-0.15, -0.1) is 0 Å². The predicted octanol–water partition coefficient (Wildman–Crippen LogP) is 4.54. The minimum Gasteiger partial charge on any atom is -1.00 e. The first-order valence-corrected chi connectivity index (χ1v) is 13.8. The molecule has 0 radical (unpaired) electrons. The van der Waals surface area contributed by atoms with E-state index in [1.165, 1.54) is 36.4 Å². The smallest absolute Gasteiger partial charge is 0.262 e. The van der Waals surface area contributed by atoms with Crippen LogP contribution in [0.15, 0.2) is 81.3 Å². The third-order valence-corrected chi connectivity index (χ3v) is 9.03. The molecular formula is C29H31IN2O2S2. The number of benzene rings is 2. The maximum Gasteiger partial charge on any atom is 0.262 e. The Morgan fingerprint density at radius 3 is 2.56 bits per heavy atom. The number of anilines is 1. The number of thiazole rings is 1. The number of nitrogens with zero attached hydrogens (tertiary/aromatic N) is 2. The van der Waals surface area contributed by atoms with Gasteiger partial charge in [0.1, 0.15) is 22.7 Å². The zero-order valence-electron chi connectivity index (χ0n) is 20.8. The van der Waals surface area contributed by atoms with Crippen molar-refractivity contribution in [3.8, 4) is 11.5 Å².